The number of carbonyl (C=O) groups excluding carboxylic acids is 1. The van der Waals surface area contributed by atoms with Crippen molar-refractivity contribution in [1.82, 2.24) is 5.32 Å². The second kappa shape index (κ2) is 6.85. The molecule has 2 N–H and O–H groups in total. The van der Waals surface area contributed by atoms with Crippen molar-refractivity contribution in [3.63, 3.8) is 0 Å². The fourth-order valence-electron chi connectivity index (χ4n) is 1.55. The summed E-state index contributed by atoms with van der Waals surface area (Å²) in [6.45, 7) is 6.43. The Morgan fingerprint density at radius 1 is 1.18 bits per heavy atom. The Labute approximate surface area is 125 Å². The van der Waals surface area contributed by atoms with Crippen molar-refractivity contribution < 1.29 is 27.1 Å². The SMILES string of the molecule is CC(CNC(=O)OC(C)(C)C)Nc1c(F)c(F)cc(F)c1F. The van der Waals surface area contributed by atoms with Crippen molar-refractivity contribution in [2.75, 3.05) is 11.9 Å². The van der Waals surface area contributed by atoms with E-state index in [1.165, 1.54) is 6.92 Å². The average molecular weight is 322 g/mol. The lowest BCUT2D eigenvalue weighted by molar-refractivity contribution is 0.0526. The summed E-state index contributed by atoms with van der Waals surface area (Å²) in [5.74, 6) is -6.06. The lowest BCUT2D eigenvalue weighted by Crippen LogP contribution is -2.38. The number of hydrogen-bond acceptors (Lipinski definition) is 3. The van der Waals surface area contributed by atoms with E-state index >= 15 is 0 Å². The van der Waals surface area contributed by atoms with E-state index in [-0.39, 0.29) is 12.6 Å². The standard InChI is InChI=1S/C14H18F4N2O2/c1-7(6-19-13(21)22-14(2,3)4)20-12-10(17)8(15)5-9(16)11(12)18/h5,7,20H,6H2,1-4H3,(H,19,21). The van der Waals surface area contributed by atoms with E-state index in [1.54, 1.807) is 20.8 Å². The minimum Gasteiger partial charge on any atom is -0.444 e. The highest BCUT2D eigenvalue weighted by Gasteiger charge is 2.21. The van der Waals surface area contributed by atoms with Crippen LogP contribution in [0.15, 0.2) is 6.07 Å². The first-order valence-corrected chi connectivity index (χ1v) is 6.57. The van der Waals surface area contributed by atoms with Crippen molar-refractivity contribution in [2.45, 2.75) is 39.3 Å². The van der Waals surface area contributed by atoms with Crippen LogP contribution < -0.4 is 10.6 Å². The number of halogens is 4. The molecule has 124 valence electrons. The molecule has 0 aliphatic heterocycles. The van der Waals surface area contributed by atoms with Crippen LogP contribution in [0.25, 0.3) is 0 Å². The largest absolute Gasteiger partial charge is 0.444 e. The van der Waals surface area contributed by atoms with Gasteiger partial charge in [-0.2, -0.15) is 0 Å². The van der Waals surface area contributed by atoms with Gasteiger partial charge < -0.3 is 15.4 Å². The van der Waals surface area contributed by atoms with Gasteiger partial charge in [0, 0.05) is 18.7 Å². The van der Waals surface area contributed by atoms with Gasteiger partial charge in [-0.1, -0.05) is 0 Å². The molecule has 0 aliphatic rings. The lowest BCUT2D eigenvalue weighted by atomic mass is 10.2. The number of ether oxygens (including phenoxy) is 1. The third-order valence-corrected chi connectivity index (χ3v) is 2.45. The van der Waals surface area contributed by atoms with Crippen LogP contribution in [0.5, 0.6) is 0 Å². The van der Waals surface area contributed by atoms with Crippen LogP contribution in [0.3, 0.4) is 0 Å². The summed E-state index contributed by atoms with van der Waals surface area (Å²) in [7, 11) is 0. The van der Waals surface area contributed by atoms with E-state index in [9.17, 15) is 22.4 Å². The zero-order valence-electron chi connectivity index (χ0n) is 12.7. The van der Waals surface area contributed by atoms with Gasteiger partial charge in [0.1, 0.15) is 11.3 Å². The molecular weight excluding hydrogens is 304 g/mol. The van der Waals surface area contributed by atoms with Crippen molar-refractivity contribution in [3.05, 3.63) is 29.3 Å². The number of anilines is 1. The third-order valence-electron chi connectivity index (χ3n) is 2.45. The Hall–Kier alpha value is -1.99. The number of amides is 1. The Bertz CT molecular complexity index is 533. The molecule has 0 fully saturated rings. The molecule has 0 aliphatic carbocycles. The van der Waals surface area contributed by atoms with Gasteiger partial charge in [0.25, 0.3) is 0 Å². The number of rotatable bonds is 4. The fourth-order valence-corrected chi connectivity index (χ4v) is 1.55. The average Bonchev–Trinajstić information content (AvgIpc) is 2.37. The molecule has 4 nitrogen and oxygen atoms in total. The topological polar surface area (TPSA) is 50.4 Å². The van der Waals surface area contributed by atoms with Gasteiger partial charge in [-0.15, -0.1) is 0 Å². The summed E-state index contributed by atoms with van der Waals surface area (Å²) in [4.78, 5) is 11.4. The van der Waals surface area contributed by atoms with Crippen molar-refractivity contribution in [2.24, 2.45) is 0 Å². The second-order valence-electron chi connectivity index (χ2n) is 5.77. The van der Waals surface area contributed by atoms with Gasteiger partial charge >= 0.3 is 6.09 Å². The maximum absolute atomic E-state index is 13.5. The molecule has 0 saturated heterocycles. The van der Waals surface area contributed by atoms with Crippen LogP contribution in [-0.2, 0) is 4.74 Å². The zero-order valence-corrected chi connectivity index (χ0v) is 12.7. The van der Waals surface area contributed by atoms with Crippen LogP contribution in [0.1, 0.15) is 27.7 Å². The Morgan fingerprint density at radius 3 is 2.14 bits per heavy atom. The molecule has 8 heteroatoms. The van der Waals surface area contributed by atoms with E-state index < -0.39 is 46.7 Å². The van der Waals surface area contributed by atoms with Crippen LogP contribution in [0, 0.1) is 23.3 Å². The number of hydrogen-bond donors (Lipinski definition) is 2. The van der Waals surface area contributed by atoms with Crippen molar-refractivity contribution in [3.8, 4) is 0 Å². The van der Waals surface area contributed by atoms with Crippen LogP contribution >= 0.6 is 0 Å². The summed E-state index contributed by atoms with van der Waals surface area (Å²) in [5.41, 5.74) is -1.61. The third kappa shape index (κ3) is 5.09. The van der Waals surface area contributed by atoms with Gasteiger partial charge in [0.05, 0.1) is 0 Å². The van der Waals surface area contributed by atoms with E-state index in [2.05, 4.69) is 10.6 Å². The van der Waals surface area contributed by atoms with Crippen molar-refractivity contribution >= 4 is 11.8 Å². The normalized spacial score (nSPS) is 12.7. The highest BCUT2D eigenvalue weighted by Crippen LogP contribution is 2.24. The van der Waals surface area contributed by atoms with Crippen LogP contribution in [0.4, 0.5) is 28.0 Å². The maximum Gasteiger partial charge on any atom is 0.407 e. The number of nitrogens with one attached hydrogen (secondary N) is 2. The van der Waals surface area contributed by atoms with Gasteiger partial charge in [0.2, 0.25) is 0 Å². The molecule has 1 atom stereocenters. The predicted molar refractivity (Wildman–Crippen MR) is 73.6 cm³/mol. The fraction of sp³-hybridized carbons (Fsp3) is 0.500. The van der Waals surface area contributed by atoms with E-state index in [0.717, 1.165) is 0 Å². The molecule has 22 heavy (non-hydrogen) atoms. The molecule has 1 unspecified atom stereocenters. The molecule has 1 aromatic carbocycles. The smallest absolute Gasteiger partial charge is 0.407 e. The summed E-state index contributed by atoms with van der Waals surface area (Å²) in [6, 6.07) is -0.572. The number of carbonyl (C=O) groups is 1. The Kier molecular flexibility index (Phi) is 5.62. The first kappa shape index (κ1) is 18.1. The molecule has 0 bridgehead atoms. The van der Waals surface area contributed by atoms with Gasteiger partial charge in [-0.3, -0.25) is 0 Å². The minimum atomic E-state index is -1.52. The second-order valence-corrected chi connectivity index (χ2v) is 5.77. The molecule has 0 spiro atoms. The Balaban J connectivity index is 2.67. The molecular formula is C14H18F4N2O2. The molecule has 0 radical (unpaired) electrons. The summed E-state index contributed by atoms with van der Waals surface area (Å²) < 4.78 is 58.0. The van der Waals surface area contributed by atoms with E-state index in [4.69, 9.17) is 4.74 Å². The van der Waals surface area contributed by atoms with E-state index in [1.807, 2.05) is 0 Å². The maximum atomic E-state index is 13.5. The molecule has 0 heterocycles. The molecule has 1 amide bonds. The van der Waals surface area contributed by atoms with Gasteiger partial charge in [-0.05, 0) is 27.7 Å². The zero-order chi connectivity index (χ0) is 17.1. The van der Waals surface area contributed by atoms with Crippen LogP contribution in [-0.4, -0.2) is 24.3 Å². The highest BCUT2D eigenvalue weighted by molar-refractivity contribution is 5.67. The lowest BCUT2D eigenvalue weighted by Gasteiger charge is -2.21. The molecule has 1 aromatic rings. The minimum absolute atomic E-state index is 0.0636. The highest BCUT2D eigenvalue weighted by atomic mass is 19.2. The number of alkyl carbamates (subject to hydrolysis) is 1. The first-order valence-electron chi connectivity index (χ1n) is 6.57. The molecule has 0 aromatic heterocycles. The van der Waals surface area contributed by atoms with Crippen LogP contribution in [0.2, 0.25) is 0 Å². The molecule has 1 rings (SSSR count). The monoisotopic (exact) mass is 322 g/mol. The van der Waals surface area contributed by atoms with Crippen molar-refractivity contribution in [1.29, 1.82) is 0 Å². The molecule has 0 saturated carbocycles. The first-order chi connectivity index (χ1) is 10.0. The van der Waals surface area contributed by atoms with E-state index in [0.29, 0.717) is 0 Å². The summed E-state index contributed by atoms with van der Waals surface area (Å²) in [5, 5.41) is 4.65. The summed E-state index contributed by atoms with van der Waals surface area (Å²) >= 11 is 0. The predicted octanol–water partition coefficient (Wildman–Crippen LogP) is 3.57. The quantitative estimate of drug-likeness (QED) is 0.658. The van der Waals surface area contributed by atoms with Gasteiger partial charge in [-0.25, -0.2) is 22.4 Å². The van der Waals surface area contributed by atoms with Gasteiger partial charge in [0.15, 0.2) is 23.3 Å². The summed E-state index contributed by atoms with van der Waals surface area (Å²) in [6.07, 6.45) is -0.715. The number of benzene rings is 1. The Morgan fingerprint density at radius 2 is 1.68 bits per heavy atom.